The summed E-state index contributed by atoms with van der Waals surface area (Å²) < 4.78 is 40.0. The number of halogens is 3. The average molecular weight is 368 g/mol. The molecule has 1 fully saturated rings. The van der Waals surface area contributed by atoms with E-state index in [4.69, 9.17) is 5.26 Å². The van der Waals surface area contributed by atoms with Crippen LogP contribution in [0.4, 0.5) is 13.2 Å². The van der Waals surface area contributed by atoms with Crippen molar-refractivity contribution in [1.29, 1.82) is 5.26 Å². The Bertz CT molecular complexity index is 767. The van der Waals surface area contributed by atoms with Gasteiger partial charge < -0.3 is 4.57 Å². The van der Waals surface area contributed by atoms with Gasteiger partial charge in [0.15, 0.2) is 0 Å². The second-order valence-electron chi connectivity index (χ2n) is 5.49. The van der Waals surface area contributed by atoms with Gasteiger partial charge in [-0.1, -0.05) is 12.1 Å². The average Bonchev–Trinajstić information content (AvgIpc) is 3.16. The summed E-state index contributed by atoms with van der Waals surface area (Å²) in [5, 5.41) is 8.93. The molecule has 0 amide bonds. The number of aromatic nitrogens is 1. The predicted octanol–water partition coefficient (Wildman–Crippen LogP) is 4.79. The molecule has 0 spiro atoms. The Labute approximate surface area is 147 Å². The summed E-state index contributed by atoms with van der Waals surface area (Å²) in [6, 6.07) is 11.5. The van der Waals surface area contributed by atoms with E-state index in [1.54, 1.807) is 35.7 Å². The fourth-order valence-electron chi connectivity index (χ4n) is 2.90. The van der Waals surface area contributed by atoms with Crippen molar-refractivity contribution in [2.75, 3.05) is 11.5 Å². The van der Waals surface area contributed by atoms with Crippen molar-refractivity contribution in [2.45, 2.75) is 16.7 Å². The van der Waals surface area contributed by atoms with Crippen LogP contribution in [0.5, 0.6) is 0 Å². The standard InChI is InChI=1S/C17H15F3N2S2/c1-22-14(8-9-21)6-7-15(22)16(23-10-11-24-16)12-2-4-13(5-3-12)17(18,19)20/h2-7H,8,10-11H2,1H3. The molecule has 1 aliphatic rings. The molecule has 126 valence electrons. The van der Waals surface area contributed by atoms with E-state index in [1.165, 1.54) is 0 Å². The quantitative estimate of drug-likeness (QED) is 0.780. The highest BCUT2D eigenvalue weighted by molar-refractivity contribution is 8.20. The molecule has 0 atom stereocenters. The molecule has 1 saturated heterocycles. The molecule has 2 aromatic rings. The van der Waals surface area contributed by atoms with Gasteiger partial charge in [0.1, 0.15) is 4.08 Å². The Morgan fingerprint density at radius 1 is 1.12 bits per heavy atom. The van der Waals surface area contributed by atoms with Crippen molar-refractivity contribution >= 4 is 23.5 Å². The molecule has 1 aliphatic heterocycles. The number of alkyl halides is 3. The topological polar surface area (TPSA) is 28.7 Å². The summed E-state index contributed by atoms with van der Waals surface area (Å²) in [6.45, 7) is 0. The normalized spacial score (nSPS) is 17.0. The Morgan fingerprint density at radius 3 is 2.29 bits per heavy atom. The van der Waals surface area contributed by atoms with E-state index >= 15 is 0 Å². The fraction of sp³-hybridized carbons (Fsp3) is 0.353. The molecule has 24 heavy (non-hydrogen) atoms. The van der Waals surface area contributed by atoms with Gasteiger partial charge in [-0.3, -0.25) is 0 Å². The lowest BCUT2D eigenvalue weighted by Gasteiger charge is -2.29. The van der Waals surface area contributed by atoms with E-state index in [1.807, 2.05) is 23.7 Å². The third-order valence-electron chi connectivity index (χ3n) is 4.11. The zero-order valence-corrected chi connectivity index (χ0v) is 14.6. The first-order chi connectivity index (χ1) is 11.4. The molecule has 7 heteroatoms. The van der Waals surface area contributed by atoms with Gasteiger partial charge in [0.05, 0.1) is 18.1 Å². The van der Waals surface area contributed by atoms with Crippen LogP contribution < -0.4 is 0 Å². The van der Waals surface area contributed by atoms with Crippen LogP contribution in [0.25, 0.3) is 0 Å². The van der Waals surface area contributed by atoms with Crippen molar-refractivity contribution in [3.8, 4) is 6.07 Å². The first-order valence-corrected chi connectivity index (χ1v) is 9.33. The molecule has 2 nitrogen and oxygen atoms in total. The SMILES string of the molecule is Cn1c(CC#N)ccc1C1(c2ccc(C(F)(F)F)cc2)SCCS1. The largest absolute Gasteiger partial charge is 0.416 e. The van der Waals surface area contributed by atoms with Crippen molar-refractivity contribution in [2.24, 2.45) is 7.05 Å². The summed E-state index contributed by atoms with van der Waals surface area (Å²) in [5.41, 5.74) is 2.14. The number of hydrogen-bond donors (Lipinski definition) is 0. The highest BCUT2D eigenvalue weighted by Gasteiger charge is 2.42. The summed E-state index contributed by atoms with van der Waals surface area (Å²) >= 11 is 3.47. The molecule has 0 radical (unpaired) electrons. The van der Waals surface area contributed by atoms with E-state index in [2.05, 4.69) is 6.07 Å². The lowest BCUT2D eigenvalue weighted by Crippen LogP contribution is -2.21. The van der Waals surface area contributed by atoms with E-state index < -0.39 is 15.8 Å². The Kier molecular flexibility index (Phi) is 4.63. The molecule has 0 saturated carbocycles. The third-order valence-corrected chi connectivity index (χ3v) is 7.59. The number of thioether (sulfide) groups is 2. The van der Waals surface area contributed by atoms with Crippen LogP contribution in [0.1, 0.15) is 22.5 Å². The van der Waals surface area contributed by atoms with Gasteiger partial charge >= 0.3 is 6.18 Å². The van der Waals surface area contributed by atoms with Crippen molar-refractivity contribution in [3.63, 3.8) is 0 Å². The van der Waals surface area contributed by atoms with Gasteiger partial charge in [-0.05, 0) is 29.8 Å². The number of nitriles is 1. The molecule has 1 aromatic heterocycles. The molecule has 1 aromatic carbocycles. The Balaban J connectivity index is 2.05. The summed E-state index contributed by atoms with van der Waals surface area (Å²) in [5.74, 6) is 1.87. The molecule has 3 rings (SSSR count). The number of benzene rings is 1. The third kappa shape index (κ3) is 2.93. The summed E-state index contributed by atoms with van der Waals surface area (Å²) in [6.07, 6.45) is -4.01. The van der Waals surface area contributed by atoms with E-state index in [0.29, 0.717) is 6.42 Å². The molecule has 0 unspecified atom stereocenters. The van der Waals surface area contributed by atoms with Crippen LogP contribution >= 0.6 is 23.5 Å². The smallest absolute Gasteiger partial charge is 0.348 e. The summed E-state index contributed by atoms with van der Waals surface area (Å²) in [4.78, 5) is 0. The van der Waals surface area contributed by atoms with Gasteiger partial charge in [0.2, 0.25) is 0 Å². The van der Waals surface area contributed by atoms with Crippen LogP contribution in [0, 0.1) is 11.3 Å². The van der Waals surface area contributed by atoms with Gasteiger partial charge in [-0.25, -0.2) is 0 Å². The van der Waals surface area contributed by atoms with Gasteiger partial charge in [0, 0.05) is 29.9 Å². The molecular weight excluding hydrogens is 353 g/mol. The minimum Gasteiger partial charge on any atom is -0.348 e. The molecule has 0 bridgehead atoms. The van der Waals surface area contributed by atoms with Gasteiger partial charge in [-0.2, -0.15) is 18.4 Å². The second-order valence-corrected chi connectivity index (χ2v) is 8.37. The van der Waals surface area contributed by atoms with Crippen LogP contribution in [-0.4, -0.2) is 16.1 Å². The predicted molar refractivity (Wildman–Crippen MR) is 91.9 cm³/mol. The lowest BCUT2D eigenvalue weighted by atomic mass is 10.1. The monoisotopic (exact) mass is 368 g/mol. The van der Waals surface area contributed by atoms with Crippen LogP contribution in [-0.2, 0) is 23.7 Å². The van der Waals surface area contributed by atoms with Crippen LogP contribution in [0.3, 0.4) is 0 Å². The highest BCUT2D eigenvalue weighted by atomic mass is 32.2. The van der Waals surface area contributed by atoms with Crippen molar-refractivity contribution < 1.29 is 13.2 Å². The molecule has 2 heterocycles. The minimum atomic E-state index is -4.33. The zero-order chi connectivity index (χ0) is 17.4. The number of rotatable bonds is 3. The lowest BCUT2D eigenvalue weighted by molar-refractivity contribution is -0.137. The molecule has 0 aliphatic carbocycles. The molecule has 0 N–H and O–H groups in total. The minimum absolute atomic E-state index is 0.314. The maximum Gasteiger partial charge on any atom is 0.416 e. The fourth-order valence-corrected chi connectivity index (χ4v) is 6.28. The maximum absolute atomic E-state index is 12.8. The molecular formula is C17H15F3N2S2. The van der Waals surface area contributed by atoms with Crippen LogP contribution in [0.15, 0.2) is 36.4 Å². The van der Waals surface area contributed by atoms with Crippen molar-refractivity contribution in [1.82, 2.24) is 4.57 Å². The van der Waals surface area contributed by atoms with E-state index in [9.17, 15) is 13.2 Å². The first kappa shape index (κ1) is 17.3. The second kappa shape index (κ2) is 6.41. The Hall–Kier alpha value is -1.52. The number of nitrogens with zero attached hydrogens (tertiary/aromatic N) is 2. The first-order valence-electron chi connectivity index (χ1n) is 7.36. The maximum atomic E-state index is 12.8. The highest BCUT2D eigenvalue weighted by Crippen LogP contribution is 2.56. The van der Waals surface area contributed by atoms with Gasteiger partial charge in [0.25, 0.3) is 0 Å². The zero-order valence-electron chi connectivity index (χ0n) is 12.9. The van der Waals surface area contributed by atoms with Gasteiger partial charge in [-0.15, -0.1) is 23.5 Å². The van der Waals surface area contributed by atoms with E-state index in [0.717, 1.165) is 40.6 Å². The van der Waals surface area contributed by atoms with E-state index in [-0.39, 0.29) is 0 Å². The van der Waals surface area contributed by atoms with Crippen molar-refractivity contribution in [3.05, 3.63) is 58.9 Å². The Morgan fingerprint density at radius 2 is 1.75 bits per heavy atom. The summed E-state index contributed by atoms with van der Waals surface area (Å²) in [7, 11) is 1.91. The van der Waals surface area contributed by atoms with Crippen LogP contribution in [0.2, 0.25) is 0 Å². The number of hydrogen-bond acceptors (Lipinski definition) is 3.